The summed E-state index contributed by atoms with van der Waals surface area (Å²) in [4.78, 5) is 23.4. The van der Waals surface area contributed by atoms with Crippen molar-refractivity contribution in [2.24, 2.45) is 0 Å². The van der Waals surface area contributed by atoms with Gasteiger partial charge in [0, 0.05) is 18.9 Å². The number of esters is 1. The van der Waals surface area contributed by atoms with Crippen molar-refractivity contribution < 1.29 is 19.4 Å². The highest BCUT2D eigenvalue weighted by Crippen LogP contribution is 2.17. The van der Waals surface area contributed by atoms with Gasteiger partial charge in [0.1, 0.15) is 0 Å². The number of ketones is 1. The van der Waals surface area contributed by atoms with E-state index >= 15 is 0 Å². The lowest BCUT2D eigenvalue weighted by Gasteiger charge is -2.21. The first-order valence-electron chi connectivity index (χ1n) is 11.5. The molecule has 164 valence electrons. The summed E-state index contributed by atoms with van der Waals surface area (Å²) in [6.07, 6.45) is 19.2. The molecule has 0 aliphatic rings. The van der Waals surface area contributed by atoms with Crippen molar-refractivity contribution in [1.29, 1.82) is 0 Å². The van der Waals surface area contributed by atoms with Crippen LogP contribution < -0.4 is 0 Å². The summed E-state index contributed by atoms with van der Waals surface area (Å²) in [5.74, 6) is -3.24. The molecule has 1 atom stereocenters. The van der Waals surface area contributed by atoms with E-state index in [1.54, 1.807) is 0 Å². The first kappa shape index (κ1) is 26.8. The lowest BCUT2D eigenvalue weighted by atomic mass is 10.0. The summed E-state index contributed by atoms with van der Waals surface area (Å²) in [7, 11) is 0. The van der Waals surface area contributed by atoms with Crippen LogP contribution in [0, 0.1) is 0 Å². The highest BCUT2D eigenvalue weighted by atomic mass is 16.7. The highest BCUT2D eigenvalue weighted by Gasteiger charge is 2.33. The predicted octanol–water partition coefficient (Wildman–Crippen LogP) is 6.64. The fraction of sp³-hybridized carbons (Fsp3) is 0.833. The van der Waals surface area contributed by atoms with Crippen LogP contribution in [0.2, 0.25) is 0 Å². The van der Waals surface area contributed by atoms with Crippen LogP contribution in [0.15, 0.2) is 12.2 Å². The van der Waals surface area contributed by atoms with Gasteiger partial charge in [-0.15, -0.1) is 0 Å². The highest BCUT2D eigenvalue weighted by molar-refractivity contribution is 5.92. The van der Waals surface area contributed by atoms with E-state index in [2.05, 4.69) is 13.5 Å². The standard InChI is InChI=1S/C24H44O4/c1-5-6-7-8-9-10-11-12-13-14-15-16-17-18-19-20-22(25)24(4,27)28-23(26)21(2)3/h27H,2,5-20H2,1,3-4H3. The molecule has 1 N–H and O–H groups in total. The van der Waals surface area contributed by atoms with Gasteiger partial charge in [-0.3, -0.25) is 4.79 Å². The van der Waals surface area contributed by atoms with Crippen LogP contribution in [0.3, 0.4) is 0 Å². The average Bonchev–Trinajstić information content (AvgIpc) is 2.64. The third-order valence-corrected chi connectivity index (χ3v) is 5.16. The molecule has 4 nitrogen and oxygen atoms in total. The van der Waals surface area contributed by atoms with Crippen LogP contribution >= 0.6 is 0 Å². The van der Waals surface area contributed by atoms with E-state index in [-0.39, 0.29) is 12.0 Å². The van der Waals surface area contributed by atoms with Crippen LogP contribution in [-0.4, -0.2) is 22.6 Å². The molecule has 0 aliphatic heterocycles. The average molecular weight is 397 g/mol. The number of ether oxygens (including phenoxy) is 1. The number of aliphatic hydroxyl groups is 1. The molecular weight excluding hydrogens is 352 g/mol. The Morgan fingerprint density at radius 2 is 1.14 bits per heavy atom. The van der Waals surface area contributed by atoms with E-state index in [1.807, 2.05) is 0 Å². The summed E-state index contributed by atoms with van der Waals surface area (Å²) < 4.78 is 4.80. The number of hydrogen-bond acceptors (Lipinski definition) is 4. The Labute approximate surface area is 173 Å². The van der Waals surface area contributed by atoms with E-state index in [9.17, 15) is 14.7 Å². The molecule has 0 aromatic heterocycles. The molecule has 0 saturated heterocycles. The molecular formula is C24H44O4. The second-order valence-electron chi connectivity index (χ2n) is 8.28. The van der Waals surface area contributed by atoms with Gasteiger partial charge in [0.25, 0.3) is 5.79 Å². The predicted molar refractivity (Wildman–Crippen MR) is 116 cm³/mol. The van der Waals surface area contributed by atoms with E-state index in [1.165, 1.54) is 90.9 Å². The minimum atomic E-state index is -2.05. The van der Waals surface area contributed by atoms with Crippen LogP contribution in [0.4, 0.5) is 0 Å². The normalized spacial score (nSPS) is 13.1. The number of unbranched alkanes of at least 4 members (excludes halogenated alkanes) is 14. The maximum absolute atomic E-state index is 12.0. The molecule has 28 heavy (non-hydrogen) atoms. The second kappa shape index (κ2) is 16.8. The van der Waals surface area contributed by atoms with Crippen LogP contribution in [0.1, 0.15) is 124 Å². The molecule has 0 amide bonds. The quantitative estimate of drug-likeness (QED) is 0.115. The summed E-state index contributed by atoms with van der Waals surface area (Å²) in [6, 6.07) is 0. The maximum Gasteiger partial charge on any atom is 0.335 e. The lowest BCUT2D eigenvalue weighted by molar-refractivity contribution is -0.201. The molecule has 0 heterocycles. The largest absolute Gasteiger partial charge is 0.422 e. The van der Waals surface area contributed by atoms with Crippen molar-refractivity contribution in [3.05, 3.63) is 12.2 Å². The third-order valence-electron chi connectivity index (χ3n) is 5.16. The monoisotopic (exact) mass is 396 g/mol. The molecule has 0 saturated carbocycles. The van der Waals surface area contributed by atoms with E-state index in [4.69, 9.17) is 4.74 Å². The number of hydrogen-bond donors (Lipinski definition) is 1. The molecule has 0 fully saturated rings. The molecule has 0 aromatic carbocycles. The van der Waals surface area contributed by atoms with Gasteiger partial charge in [-0.05, 0) is 13.3 Å². The summed E-state index contributed by atoms with van der Waals surface area (Å²) in [6.45, 7) is 8.41. The molecule has 0 radical (unpaired) electrons. The smallest absolute Gasteiger partial charge is 0.335 e. The van der Waals surface area contributed by atoms with E-state index in [0.717, 1.165) is 19.3 Å². The van der Waals surface area contributed by atoms with Crippen LogP contribution in [-0.2, 0) is 14.3 Å². The van der Waals surface area contributed by atoms with Crippen molar-refractivity contribution in [3.8, 4) is 0 Å². The molecule has 0 aliphatic carbocycles. The van der Waals surface area contributed by atoms with Crippen molar-refractivity contribution in [2.45, 2.75) is 129 Å². The number of rotatable bonds is 19. The Morgan fingerprint density at radius 3 is 1.50 bits per heavy atom. The molecule has 4 heteroatoms. The summed E-state index contributed by atoms with van der Waals surface area (Å²) in [5, 5.41) is 9.98. The van der Waals surface area contributed by atoms with Crippen molar-refractivity contribution in [2.75, 3.05) is 0 Å². The van der Waals surface area contributed by atoms with Gasteiger partial charge in [-0.2, -0.15) is 0 Å². The molecule has 0 spiro atoms. The molecule has 0 rings (SSSR count). The Hall–Kier alpha value is -1.16. The first-order chi connectivity index (χ1) is 13.3. The number of carbonyl (C=O) groups is 2. The van der Waals surface area contributed by atoms with E-state index < -0.39 is 17.5 Å². The van der Waals surface area contributed by atoms with Crippen molar-refractivity contribution in [3.63, 3.8) is 0 Å². The fourth-order valence-electron chi connectivity index (χ4n) is 3.21. The maximum atomic E-state index is 12.0. The van der Waals surface area contributed by atoms with Gasteiger partial charge in [-0.25, -0.2) is 4.79 Å². The van der Waals surface area contributed by atoms with Crippen LogP contribution in [0.25, 0.3) is 0 Å². The topological polar surface area (TPSA) is 63.6 Å². The van der Waals surface area contributed by atoms with Gasteiger partial charge in [0.05, 0.1) is 0 Å². The number of carbonyl (C=O) groups excluding carboxylic acids is 2. The Morgan fingerprint density at radius 1 is 0.786 bits per heavy atom. The SMILES string of the molecule is C=C(C)C(=O)OC(C)(O)C(=O)CCCCCCCCCCCCCCCCC. The third kappa shape index (κ3) is 14.8. The van der Waals surface area contributed by atoms with Crippen LogP contribution in [0.5, 0.6) is 0 Å². The molecule has 1 unspecified atom stereocenters. The van der Waals surface area contributed by atoms with Crippen molar-refractivity contribution >= 4 is 11.8 Å². The molecule has 0 bridgehead atoms. The second-order valence-corrected chi connectivity index (χ2v) is 8.28. The zero-order valence-electron chi connectivity index (χ0n) is 18.7. The minimum Gasteiger partial charge on any atom is -0.422 e. The van der Waals surface area contributed by atoms with E-state index in [0.29, 0.717) is 0 Å². The fourth-order valence-corrected chi connectivity index (χ4v) is 3.21. The summed E-state index contributed by atoms with van der Waals surface area (Å²) >= 11 is 0. The first-order valence-corrected chi connectivity index (χ1v) is 11.5. The Kier molecular flexibility index (Phi) is 16.1. The van der Waals surface area contributed by atoms with Gasteiger partial charge < -0.3 is 9.84 Å². The van der Waals surface area contributed by atoms with Gasteiger partial charge in [0.2, 0.25) is 5.78 Å². The van der Waals surface area contributed by atoms with Gasteiger partial charge in [-0.1, -0.05) is 103 Å². The van der Waals surface area contributed by atoms with Gasteiger partial charge in [0.15, 0.2) is 0 Å². The molecule has 0 aromatic rings. The van der Waals surface area contributed by atoms with Crippen molar-refractivity contribution in [1.82, 2.24) is 0 Å². The minimum absolute atomic E-state index is 0.167. The Balaban J connectivity index is 3.48. The lowest BCUT2D eigenvalue weighted by Crippen LogP contribution is -2.40. The summed E-state index contributed by atoms with van der Waals surface area (Å²) in [5.41, 5.74) is 0.167. The van der Waals surface area contributed by atoms with Gasteiger partial charge >= 0.3 is 5.97 Å². The number of Topliss-reactive ketones (excluding diaryl/α,β-unsaturated/α-hetero) is 1. The zero-order chi connectivity index (χ0) is 21.3. The zero-order valence-corrected chi connectivity index (χ0v) is 18.7. The Bertz CT molecular complexity index is 440.